The second-order valence-corrected chi connectivity index (χ2v) is 8.36. The van der Waals surface area contributed by atoms with E-state index < -0.39 is 23.5 Å². The third-order valence-corrected chi connectivity index (χ3v) is 6.13. The van der Waals surface area contributed by atoms with Crippen LogP contribution in [0, 0.1) is 6.92 Å². The molecule has 9 nitrogen and oxygen atoms in total. The summed E-state index contributed by atoms with van der Waals surface area (Å²) in [5.41, 5.74) is 2.26. The topological polar surface area (TPSA) is 118 Å². The number of carbonyl (C=O) groups is 2. The first-order chi connectivity index (χ1) is 16.8. The number of H-pyrrole nitrogens is 1. The number of benzene rings is 2. The Labute approximate surface area is 204 Å². The molecule has 1 unspecified atom stereocenters. The Bertz CT molecular complexity index is 1510. The molecule has 0 bridgehead atoms. The summed E-state index contributed by atoms with van der Waals surface area (Å²) in [4.78, 5) is 35.4. The third kappa shape index (κ3) is 3.60. The number of halogens is 1. The van der Waals surface area contributed by atoms with E-state index in [-0.39, 0.29) is 39.4 Å². The minimum absolute atomic E-state index is 0.128. The lowest BCUT2D eigenvalue weighted by molar-refractivity contribution is -0.132. The van der Waals surface area contributed by atoms with Crippen LogP contribution in [0.25, 0.3) is 16.8 Å². The highest BCUT2D eigenvalue weighted by Gasteiger charge is 2.49. The number of furan rings is 1. The van der Waals surface area contributed by atoms with Crippen molar-refractivity contribution < 1.29 is 28.6 Å². The average Bonchev–Trinajstić information content (AvgIpc) is 3.57. The first-order valence-electron chi connectivity index (χ1n) is 10.6. The Kier molecular flexibility index (Phi) is 5.49. The van der Waals surface area contributed by atoms with E-state index >= 15 is 0 Å². The number of nitrogens with zero attached hydrogens (tertiary/aromatic N) is 2. The van der Waals surface area contributed by atoms with Crippen molar-refractivity contribution in [3.05, 3.63) is 76.2 Å². The molecular formula is C25H20ClN3O6. The van der Waals surface area contributed by atoms with E-state index in [1.54, 1.807) is 12.1 Å². The normalized spacial score (nSPS) is 17.4. The van der Waals surface area contributed by atoms with Gasteiger partial charge >= 0.3 is 5.91 Å². The van der Waals surface area contributed by atoms with Crippen molar-refractivity contribution >= 4 is 46.0 Å². The molecule has 3 heterocycles. The number of aromatic nitrogens is 2. The fraction of sp³-hybridized carbons (Fsp3) is 0.160. The number of Topliss-reactive ketones (excluding diaryl/α,β-unsaturated/α-hetero) is 1. The number of rotatable bonds is 5. The Morgan fingerprint density at radius 3 is 2.60 bits per heavy atom. The van der Waals surface area contributed by atoms with Crippen LogP contribution in [0.5, 0.6) is 11.5 Å². The number of anilines is 1. The van der Waals surface area contributed by atoms with Gasteiger partial charge in [-0.2, -0.15) is 0 Å². The molecule has 2 aromatic carbocycles. The van der Waals surface area contributed by atoms with E-state index in [1.165, 1.54) is 37.5 Å². The lowest BCUT2D eigenvalue weighted by Gasteiger charge is -2.21. The van der Waals surface area contributed by atoms with Crippen molar-refractivity contribution in [3.63, 3.8) is 0 Å². The van der Waals surface area contributed by atoms with Gasteiger partial charge in [0, 0.05) is 6.07 Å². The fourth-order valence-electron chi connectivity index (χ4n) is 4.18. The summed E-state index contributed by atoms with van der Waals surface area (Å²) < 4.78 is 16.2. The number of fused-ring (bicyclic) bond motifs is 1. The summed E-state index contributed by atoms with van der Waals surface area (Å²) in [6, 6.07) is 10.6. The molecule has 0 saturated carbocycles. The van der Waals surface area contributed by atoms with E-state index in [9.17, 15) is 14.7 Å². The number of amides is 1. The lowest BCUT2D eigenvalue weighted by Crippen LogP contribution is -2.30. The number of ketones is 1. The van der Waals surface area contributed by atoms with Gasteiger partial charge in [0.25, 0.3) is 5.78 Å². The molecule has 2 aromatic heterocycles. The van der Waals surface area contributed by atoms with Crippen molar-refractivity contribution in [2.75, 3.05) is 19.1 Å². The number of hydrogen-bond donors (Lipinski definition) is 2. The van der Waals surface area contributed by atoms with Crippen molar-refractivity contribution in [3.8, 4) is 11.5 Å². The van der Waals surface area contributed by atoms with Crippen molar-refractivity contribution in [2.45, 2.75) is 13.0 Å². The van der Waals surface area contributed by atoms with Crippen molar-refractivity contribution in [1.29, 1.82) is 0 Å². The molecular weight excluding hydrogens is 474 g/mol. The highest BCUT2D eigenvalue weighted by molar-refractivity contribution is 6.51. The van der Waals surface area contributed by atoms with Crippen LogP contribution in [0.4, 0.5) is 5.95 Å². The zero-order valence-corrected chi connectivity index (χ0v) is 19.7. The number of ether oxygens (including phenoxy) is 2. The standard InChI is InChI=1S/C25H20ClN3O6/c1-12-6-7-15-16(9-12)28-25(27-15)29-21(17-5-4-8-35-17)20(23(31)24(29)32)22(30)13-10-19(34-3)14(26)11-18(13)33-2/h4-11,21,30H,1-3H3,(H,27,28)/b22-20+. The van der Waals surface area contributed by atoms with Crippen molar-refractivity contribution in [1.82, 2.24) is 9.97 Å². The molecule has 1 fully saturated rings. The quantitative estimate of drug-likeness (QED) is 0.234. The van der Waals surface area contributed by atoms with Crippen LogP contribution in [0.3, 0.4) is 0 Å². The molecule has 2 N–H and O–H groups in total. The van der Waals surface area contributed by atoms with Crippen LogP contribution >= 0.6 is 11.6 Å². The third-order valence-electron chi connectivity index (χ3n) is 5.84. The second-order valence-electron chi connectivity index (χ2n) is 7.95. The largest absolute Gasteiger partial charge is 0.507 e. The number of nitrogens with one attached hydrogen (secondary N) is 1. The highest BCUT2D eigenvalue weighted by atomic mass is 35.5. The number of carbonyl (C=O) groups excluding carboxylic acids is 2. The Hall–Kier alpha value is -4.24. The maximum absolute atomic E-state index is 13.3. The molecule has 5 rings (SSSR count). The molecule has 1 amide bonds. The molecule has 1 saturated heterocycles. The fourth-order valence-corrected chi connectivity index (χ4v) is 4.41. The summed E-state index contributed by atoms with van der Waals surface area (Å²) in [6.07, 6.45) is 1.42. The first kappa shape index (κ1) is 22.5. The monoisotopic (exact) mass is 493 g/mol. The van der Waals surface area contributed by atoms with Gasteiger partial charge in [0.1, 0.15) is 29.1 Å². The molecule has 178 valence electrons. The van der Waals surface area contributed by atoms with Crippen LogP contribution < -0.4 is 14.4 Å². The lowest BCUT2D eigenvalue weighted by atomic mass is 9.98. The minimum Gasteiger partial charge on any atom is -0.507 e. The molecule has 0 spiro atoms. The number of aliphatic hydroxyl groups is 1. The van der Waals surface area contributed by atoms with Crippen LogP contribution in [0.15, 0.2) is 58.7 Å². The van der Waals surface area contributed by atoms with Gasteiger partial charge in [0.05, 0.1) is 47.7 Å². The van der Waals surface area contributed by atoms with Gasteiger partial charge < -0.3 is 24.0 Å². The van der Waals surface area contributed by atoms with Gasteiger partial charge in [-0.05, 0) is 42.8 Å². The summed E-state index contributed by atoms with van der Waals surface area (Å²) in [5, 5.41) is 11.6. The van der Waals surface area contributed by atoms with Crippen LogP contribution in [0.1, 0.15) is 22.9 Å². The predicted octanol–water partition coefficient (Wildman–Crippen LogP) is 4.76. The summed E-state index contributed by atoms with van der Waals surface area (Å²) in [6.45, 7) is 1.93. The second kappa shape index (κ2) is 8.52. The van der Waals surface area contributed by atoms with E-state index in [4.69, 9.17) is 25.5 Å². The number of imidazole rings is 1. The van der Waals surface area contributed by atoms with E-state index in [1.807, 2.05) is 25.1 Å². The Morgan fingerprint density at radius 2 is 1.91 bits per heavy atom. The van der Waals surface area contributed by atoms with Crippen molar-refractivity contribution in [2.24, 2.45) is 0 Å². The number of methoxy groups -OCH3 is 2. The first-order valence-corrected chi connectivity index (χ1v) is 10.9. The molecule has 10 heteroatoms. The summed E-state index contributed by atoms with van der Waals surface area (Å²) in [7, 11) is 2.82. The van der Waals surface area contributed by atoms with Crippen LogP contribution in [-0.4, -0.2) is 41.0 Å². The zero-order chi connectivity index (χ0) is 24.9. The maximum atomic E-state index is 13.3. The molecule has 35 heavy (non-hydrogen) atoms. The number of aromatic amines is 1. The zero-order valence-electron chi connectivity index (χ0n) is 19.0. The smallest absolute Gasteiger partial charge is 0.302 e. The summed E-state index contributed by atoms with van der Waals surface area (Å²) >= 11 is 6.20. The minimum atomic E-state index is -1.09. The number of aliphatic hydroxyl groups excluding tert-OH is 1. The highest BCUT2D eigenvalue weighted by Crippen LogP contribution is 2.44. The number of aryl methyl sites for hydroxylation is 1. The van der Waals surface area contributed by atoms with Gasteiger partial charge in [-0.25, -0.2) is 4.98 Å². The maximum Gasteiger partial charge on any atom is 0.302 e. The van der Waals surface area contributed by atoms with Gasteiger partial charge in [0.2, 0.25) is 5.95 Å². The van der Waals surface area contributed by atoms with E-state index in [0.717, 1.165) is 5.56 Å². The van der Waals surface area contributed by atoms with E-state index in [2.05, 4.69) is 9.97 Å². The summed E-state index contributed by atoms with van der Waals surface area (Å²) in [5.74, 6) is -1.38. The van der Waals surface area contributed by atoms with E-state index in [0.29, 0.717) is 11.0 Å². The Morgan fingerprint density at radius 1 is 1.14 bits per heavy atom. The number of hydrogen-bond acceptors (Lipinski definition) is 7. The van der Waals surface area contributed by atoms with Crippen LogP contribution in [-0.2, 0) is 9.59 Å². The van der Waals surface area contributed by atoms with Gasteiger partial charge in [-0.1, -0.05) is 17.7 Å². The SMILES string of the molecule is COc1cc(/C(O)=C2\C(=O)C(=O)N(c3nc4ccc(C)cc4[nH]3)C2c2ccco2)c(OC)cc1Cl. The average molecular weight is 494 g/mol. The molecule has 0 aliphatic carbocycles. The Balaban J connectivity index is 1.74. The van der Waals surface area contributed by atoms with Gasteiger partial charge in [0.15, 0.2) is 0 Å². The van der Waals surface area contributed by atoms with Crippen LogP contribution in [0.2, 0.25) is 5.02 Å². The molecule has 4 aromatic rings. The molecule has 0 radical (unpaired) electrons. The molecule has 1 aliphatic rings. The predicted molar refractivity (Wildman–Crippen MR) is 129 cm³/mol. The van der Waals surface area contributed by atoms with Gasteiger partial charge in [-0.3, -0.25) is 14.5 Å². The molecule has 1 atom stereocenters. The molecule has 1 aliphatic heterocycles. The van der Waals surface area contributed by atoms with Gasteiger partial charge in [-0.15, -0.1) is 0 Å².